The molecule has 3 heteroatoms. The molecule has 0 saturated heterocycles. The maximum absolute atomic E-state index is 13.2. The summed E-state index contributed by atoms with van der Waals surface area (Å²) in [7, 11) is 0. The molecule has 1 aromatic carbocycles. The smallest absolute Gasteiger partial charge is 0.123 e. The van der Waals surface area contributed by atoms with Crippen LogP contribution in [0.1, 0.15) is 25.3 Å². The Morgan fingerprint density at radius 2 is 2.18 bits per heavy atom. The molecule has 17 heavy (non-hydrogen) atoms. The first-order valence-electron chi connectivity index (χ1n) is 6.27. The van der Waals surface area contributed by atoms with Gasteiger partial charge in [-0.25, -0.2) is 4.39 Å². The van der Waals surface area contributed by atoms with E-state index in [-0.39, 0.29) is 5.82 Å². The van der Waals surface area contributed by atoms with Gasteiger partial charge < -0.3 is 10.3 Å². The predicted octanol–water partition coefficient (Wildman–Crippen LogP) is 3.24. The lowest BCUT2D eigenvalue weighted by Crippen LogP contribution is -2.18. The summed E-state index contributed by atoms with van der Waals surface area (Å²) in [4.78, 5) is 3.17. The second-order valence-electron chi connectivity index (χ2n) is 4.36. The molecule has 0 fully saturated rings. The molecule has 2 N–H and O–H groups in total. The fourth-order valence-electron chi connectivity index (χ4n) is 2.01. The first-order valence-corrected chi connectivity index (χ1v) is 6.27. The molecule has 0 bridgehead atoms. The van der Waals surface area contributed by atoms with Gasteiger partial charge in [-0.15, -0.1) is 0 Å². The molecule has 2 rings (SSSR count). The van der Waals surface area contributed by atoms with Crippen LogP contribution in [0, 0.1) is 5.82 Å². The number of aromatic amines is 1. The minimum atomic E-state index is -0.169. The van der Waals surface area contributed by atoms with Crippen molar-refractivity contribution in [3.05, 3.63) is 35.8 Å². The number of unbranched alkanes of at least 4 members (excludes halogenated alkanes) is 1. The quantitative estimate of drug-likeness (QED) is 0.738. The lowest BCUT2D eigenvalue weighted by molar-refractivity contribution is 0.629. The Kier molecular flexibility index (Phi) is 4.15. The van der Waals surface area contributed by atoms with E-state index in [1.807, 2.05) is 6.20 Å². The summed E-state index contributed by atoms with van der Waals surface area (Å²) in [6, 6.07) is 4.88. The molecule has 0 aliphatic rings. The van der Waals surface area contributed by atoms with Crippen LogP contribution in [-0.2, 0) is 6.42 Å². The third-order valence-corrected chi connectivity index (χ3v) is 3.01. The Labute approximate surface area is 101 Å². The van der Waals surface area contributed by atoms with Crippen LogP contribution in [-0.4, -0.2) is 18.1 Å². The Balaban J connectivity index is 1.96. The van der Waals surface area contributed by atoms with E-state index < -0.39 is 0 Å². The van der Waals surface area contributed by atoms with Crippen LogP contribution < -0.4 is 5.32 Å². The number of nitrogens with one attached hydrogen (secondary N) is 2. The number of aromatic nitrogens is 1. The van der Waals surface area contributed by atoms with Gasteiger partial charge in [0.15, 0.2) is 0 Å². The zero-order valence-corrected chi connectivity index (χ0v) is 10.2. The van der Waals surface area contributed by atoms with E-state index in [0.29, 0.717) is 0 Å². The van der Waals surface area contributed by atoms with Crippen LogP contribution in [0.3, 0.4) is 0 Å². The van der Waals surface area contributed by atoms with Gasteiger partial charge in [-0.1, -0.05) is 13.3 Å². The normalized spacial score (nSPS) is 11.2. The molecule has 2 nitrogen and oxygen atoms in total. The molecule has 0 aliphatic heterocycles. The van der Waals surface area contributed by atoms with Gasteiger partial charge in [0, 0.05) is 17.1 Å². The van der Waals surface area contributed by atoms with Crippen molar-refractivity contribution in [3.8, 4) is 0 Å². The molecule has 1 heterocycles. The summed E-state index contributed by atoms with van der Waals surface area (Å²) in [6.07, 6.45) is 5.34. The van der Waals surface area contributed by atoms with Gasteiger partial charge in [-0.05, 0) is 49.7 Å². The number of hydrogen-bond donors (Lipinski definition) is 2. The summed E-state index contributed by atoms with van der Waals surface area (Å²) >= 11 is 0. The average Bonchev–Trinajstić information content (AvgIpc) is 2.72. The van der Waals surface area contributed by atoms with Crippen molar-refractivity contribution < 1.29 is 4.39 Å². The highest BCUT2D eigenvalue weighted by molar-refractivity contribution is 5.83. The largest absolute Gasteiger partial charge is 0.361 e. The molecule has 92 valence electrons. The Morgan fingerprint density at radius 3 is 3.00 bits per heavy atom. The van der Waals surface area contributed by atoms with Crippen LogP contribution in [0.2, 0.25) is 0 Å². The van der Waals surface area contributed by atoms with Crippen molar-refractivity contribution in [3.63, 3.8) is 0 Å². The van der Waals surface area contributed by atoms with E-state index in [2.05, 4.69) is 17.2 Å². The molecule has 0 aliphatic carbocycles. The van der Waals surface area contributed by atoms with Gasteiger partial charge in [-0.3, -0.25) is 0 Å². The first-order chi connectivity index (χ1) is 8.31. The number of halogens is 1. The van der Waals surface area contributed by atoms with E-state index in [4.69, 9.17) is 0 Å². The summed E-state index contributed by atoms with van der Waals surface area (Å²) in [5.41, 5.74) is 2.19. The molecular weight excluding hydrogens is 215 g/mol. The van der Waals surface area contributed by atoms with Crippen LogP contribution in [0.25, 0.3) is 10.9 Å². The van der Waals surface area contributed by atoms with Crippen LogP contribution in [0.15, 0.2) is 24.4 Å². The maximum atomic E-state index is 13.2. The zero-order chi connectivity index (χ0) is 12.1. The van der Waals surface area contributed by atoms with Crippen molar-refractivity contribution in [2.75, 3.05) is 13.1 Å². The van der Waals surface area contributed by atoms with Crippen molar-refractivity contribution in [2.45, 2.75) is 26.2 Å². The van der Waals surface area contributed by atoms with Crippen molar-refractivity contribution in [1.82, 2.24) is 10.3 Å². The minimum absolute atomic E-state index is 0.169. The van der Waals surface area contributed by atoms with Gasteiger partial charge in [0.25, 0.3) is 0 Å². The molecule has 0 atom stereocenters. The molecular formula is C14H19FN2. The lowest BCUT2D eigenvalue weighted by Gasteiger charge is -2.02. The number of rotatable bonds is 6. The van der Waals surface area contributed by atoms with Crippen molar-refractivity contribution >= 4 is 10.9 Å². The standard InChI is InChI=1S/C14H19FN2/c1-2-3-7-16-8-6-11-10-17-14-5-4-12(15)9-13(11)14/h4-5,9-10,16-17H,2-3,6-8H2,1H3. The highest BCUT2D eigenvalue weighted by Crippen LogP contribution is 2.19. The summed E-state index contributed by atoms with van der Waals surface area (Å²) in [5, 5.41) is 4.40. The maximum Gasteiger partial charge on any atom is 0.123 e. The van der Waals surface area contributed by atoms with E-state index in [9.17, 15) is 4.39 Å². The fraction of sp³-hybridized carbons (Fsp3) is 0.429. The molecule has 1 aromatic heterocycles. The van der Waals surface area contributed by atoms with Crippen molar-refractivity contribution in [2.24, 2.45) is 0 Å². The first kappa shape index (κ1) is 12.1. The minimum Gasteiger partial charge on any atom is -0.361 e. The Hall–Kier alpha value is -1.35. The van der Waals surface area contributed by atoms with Gasteiger partial charge in [0.05, 0.1) is 0 Å². The number of hydrogen-bond acceptors (Lipinski definition) is 1. The van der Waals surface area contributed by atoms with E-state index in [1.165, 1.54) is 24.5 Å². The lowest BCUT2D eigenvalue weighted by atomic mass is 10.1. The Bertz CT molecular complexity index is 476. The van der Waals surface area contributed by atoms with Crippen molar-refractivity contribution in [1.29, 1.82) is 0 Å². The highest BCUT2D eigenvalue weighted by atomic mass is 19.1. The molecule has 0 saturated carbocycles. The predicted molar refractivity (Wildman–Crippen MR) is 69.7 cm³/mol. The third kappa shape index (κ3) is 3.07. The van der Waals surface area contributed by atoms with E-state index in [0.717, 1.165) is 30.4 Å². The summed E-state index contributed by atoms with van der Waals surface area (Å²) in [6.45, 7) is 4.20. The number of fused-ring (bicyclic) bond motifs is 1. The topological polar surface area (TPSA) is 27.8 Å². The molecule has 0 spiro atoms. The molecule has 2 aromatic rings. The van der Waals surface area contributed by atoms with Crippen LogP contribution in [0.5, 0.6) is 0 Å². The number of H-pyrrole nitrogens is 1. The summed E-state index contributed by atoms with van der Waals surface area (Å²) < 4.78 is 13.2. The fourth-order valence-corrected chi connectivity index (χ4v) is 2.01. The second-order valence-corrected chi connectivity index (χ2v) is 4.36. The SMILES string of the molecule is CCCCNCCc1c[nH]c2ccc(F)cc12. The van der Waals surface area contributed by atoms with Gasteiger partial charge in [0.2, 0.25) is 0 Å². The molecule has 0 radical (unpaired) electrons. The Morgan fingerprint density at radius 1 is 1.29 bits per heavy atom. The highest BCUT2D eigenvalue weighted by Gasteiger charge is 2.04. The van der Waals surface area contributed by atoms with E-state index >= 15 is 0 Å². The number of benzene rings is 1. The average molecular weight is 234 g/mol. The van der Waals surface area contributed by atoms with E-state index in [1.54, 1.807) is 12.1 Å². The zero-order valence-electron chi connectivity index (χ0n) is 10.2. The third-order valence-electron chi connectivity index (χ3n) is 3.01. The van der Waals surface area contributed by atoms with Crippen LogP contribution in [0.4, 0.5) is 4.39 Å². The van der Waals surface area contributed by atoms with Gasteiger partial charge >= 0.3 is 0 Å². The molecule has 0 unspecified atom stereocenters. The monoisotopic (exact) mass is 234 g/mol. The van der Waals surface area contributed by atoms with Gasteiger partial charge in [0.1, 0.15) is 5.82 Å². The molecule has 0 amide bonds. The van der Waals surface area contributed by atoms with Crippen LogP contribution >= 0.6 is 0 Å². The van der Waals surface area contributed by atoms with Gasteiger partial charge in [-0.2, -0.15) is 0 Å². The summed E-state index contributed by atoms with van der Waals surface area (Å²) in [5.74, 6) is -0.169. The second kappa shape index (κ2) is 5.82.